The first-order valence-electron chi connectivity index (χ1n) is 10.3. The van der Waals surface area contributed by atoms with Crippen molar-refractivity contribution in [2.45, 2.75) is 6.61 Å². The molecule has 1 aromatic heterocycles. The quantitative estimate of drug-likeness (QED) is 0.130. The van der Waals surface area contributed by atoms with Gasteiger partial charge in [-0.25, -0.2) is 4.98 Å². The van der Waals surface area contributed by atoms with Crippen LogP contribution in [0.25, 0.3) is 21.0 Å². The van der Waals surface area contributed by atoms with Crippen LogP contribution in [-0.4, -0.2) is 18.3 Å². The van der Waals surface area contributed by atoms with Gasteiger partial charge in [-0.3, -0.25) is 5.43 Å². The summed E-state index contributed by atoms with van der Waals surface area (Å²) in [6.45, 7) is 0.459. The topological polar surface area (TPSA) is 55.7 Å². The number of hydrogen-bond acceptors (Lipinski definition) is 6. The zero-order valence-electron chi connectivity index (χ0n) is 17.8. The fourth-order valence-corrected chi connectivity index (χ4v) is 5.20. The molecule has 0 aliphatic heterocycles. The highest BCUT2D eigenvalue weighted by Gasteiger charge is 2.12. The normalized spacial score (nSPS) is 11.3. The SMILES string of the molecule is COc1cc(C=NNc2nc3ccccc3s2)cc(I)c1OCc1cccc2ccccc12. The van der Waals surface area contributed by atoms with Crippen LogP contribution in [0.2, 0.25) is 0 Å². The molecule has 0 radical (unpaired) electrons. The van der Waals surface area contributed by atoms with Crippen molar-refractivity contribution < 1.29 is 9.47 Å². The highest BCUT2D eigenvalue weighted by molar-refractivity contribution is 14.1. The molecule has 0 aliphatic carbocycles. The van der Waals surface area contributed by atoms with Crippen LogP contribution in [0.1, 0.15) is 11.1 Å². The molecule has 1 N–H and O–H groups in total. The van der Waals surface area contributed by atoms with Gasteiger partial charge < -0.3 is 9.47 Å². The minimum absolute atomic E-state index is 0.459. The molecule has 0 saturated heterocycles. The molecule has 4 aromatic carbocycles. The predicted molar refractivity (Wildman–Crippen MR) is 145 cm³/mol. The van der Waals surface area contributed by atoms with Crippen LogP contribution in [0.3, 0.4) is 0 Å². The van der Waals surface area contributed by atoms with E-state index in [1.807, 2.05) is 48.5 Å². The molecular formula is C26H20IN3O2S. The molecule has 0 saturated carbocycles. The Kier molecular flexibility index (Phi) is 6.41. The third kappa shape index (κ3) is 4.79. The molecule has 164 valence electrons. The molecule has 0 aliphatic rings. The monoisotopic (exact) mass is 565 g/mol. The molecule has 5 aromatic rings. The minimum atomic E-state index is 0.459. The summed E-state index contributed by atoms with van der Waals surface area (Å²) in [5, 5.41) is 7.50. The van der Waals surface area contributed by atoms with E-state index in [9.17, 15) is 0 Å². The average Bonchev–Trinajstić information content (AvgIpc) is 3.26. The van der Waals surface area contributed by atoms with Crippen LogP contribution in [-0.2, 0) is 6.61 Å². The summed E-state index contributed by atoms with van der Waals surface area (Å²) >= 11 is 3.84. The van der Waals surface area contributed by atoms with Gasteiger partial charge in [-0.1, -0.05) is 65.9 Å². The third-order valence-corrected chi connectivity index (χ3v) is 6.91. The number of aromatic nitrogens is 1. The maximum atomic E-state index is 6.21. The lowest BCUT2D eigenvalue weighted by Crippen LogP contribution is -2.01. The lowest BCUT2D eigenvalue weighted by molar-refractivity contribution is 0.283. The molecule has 7 heteroatoms. The van der Waals surface area contributed by atoms with E-state index >= 15 is 0 Å². The Bertz CT molecular complexity index is 1430. The van der Waals surface area contributed by atoms with Crippen molar-refractivity contribution in [1.29, 1.82) is 0 Å². The van der Waals surface area contributed by atoms with Gasteiger partial charge in [-0.2, -0.15) is 5.10 Å². The number of ether oxygens (including phenoxy) is 2. The van der Waals surface area contributed by atoms with E-state index < -0.39 is 0 Å². The molecule has 0 bridgehead atoms. The smallest absolute Gasteiger partial charge is 0.204 e. The molecule has 0 fully saturated rings. The maximum Gasteiger partial charge on any atom is 0.204 e. The van der Waals surface area contributed by atoms with Gasteiger partial charge in [0.1, 0.15) is 6.61 Å². The number of halogens is 1. The van der Waals surface area contributed by atoms with E-state index in [1.54, 1.807) is 24.7 Å². The number of benzene rings is 4. The van der Waals surface area contributed by atoms with Gasteiger partial charge in [-0.15, -0.1) is 0 Å². The number of hydrogen-bond donors (Lipinski definition) is 1. The van der Waals surface area contributed by atoms with Crippen LogP contribution < -0.4 is 14.9 Å². The van der Waals surface area contributed by atoms with Crippen LogP contribution in [0.15, 0.2) is 84.0 Å². The van der Waals surface area contributed by atoms with Crippen molar-refractivity contribution >= 4 is 66.3 Å². The van der Waals surface area contributed by atoms with Gasteiger partial charge in [-0.05, 0) is 68.8 Å². The minimum Gasteiger partial charge on any atom is -0.493 e. The number of thiazole rings is 1. The standard InChI is InChI=1S/C26H20IN3O2S/c1-31-23-14-17(15-28-30-26-29-22-11-4-5-12-24(22)33-26)13-21(27)25(23)32-16-19-9-6-8-18-7-2-3-10-20(18)19/h2-15H,16H2,1H3,(H,29,30). The highest BCUT2D eigenvalue weighted by Crippen LogP contribution is 2.35. The second-order valence-corrected chi connectivity index (χ2v) is 9.51. The number of para-hydroxylation sites is 1. The van der Waals surface area contributed by atoms with E-state index in [0.717, 1.165) is 35.8 Å². The first-order chi connectivity index (χ1) is 16.2. The van der Waals surface area contributed by atoms with Crippen LogP contribution in [0, 0.1) is 3.57 Å². The summed E-state index contributed by atoms with van der Waals surface area (Å²) in [5.41, 5.74) is 6.02. The second-order valence-electron chi connectivity index (χ2n) is 7.32. The first kappa shape index (κ1) is 21.7. The molecule has 0 spiro atoms. The first-order valence-corrected chi connectivity index (χ1v) is 12.2. The van der Waals surface area contributed by atoms with Crippen molar-refractivity contribution in [3.63, 3.8) is 0 Å². The summed E-state index contributed by atoms with van der Waals surface area (Å²) in [7, 11) is 1.65. The number of hydrazone groups is 1. The third-order valence-electron chi connectivity index (χ3n) is 5.17. The Morgan fingerprint density at radius 1 is 1.03 bits per heavy atom. The zero-order chi connectivity index (χ0) is 22.6. The van der Waals surface area contributed by atoms with Gasteiger partial charge in [0.25, 0.3) is 0 Å². The van der Waals surface area contributed by atoms with Gasteiger partial charge in [0, 0.05) is 0 Å². The van der Waals surface area contributed by atoms with E-state index in [0.29, 0.717) is 12.4 Å². The lowest BCUT2D eigenvalue weighted by atomic mass is 10.1. The van der Waals surface area contributed by atoms with E-state index in [4.69, 9.17) is 9.47 Å². The Morgan fingerprint density at radius 2 is 1.85 bits per heavy atom. The highest BCUT2D eigenvalue weighted by atomic mass is 127. The van der Waals surface area contributed by atoms with E-state index in [2.05, 4.69) is 68.4 Å². The Hall–Kier alpha value is -3.17. The number of nitrogens with one attached hydrogen (secondary N) is 1. The molecule has 0 atom stereocenters. The molecule has 5 nitrogen and oxygen atoms in total. The number of nitrogens with zero attached hydrogens (tertiary/aromatic N) is 2. The molecular weight excluding hydrogens is 545 g/mol. The van der Waals surface area contributed by atoms with Gasteiger partial charge >= 0.3 is 0 Å². The molecule has 33 heavy (non-hydrogen) atoms. The lowest BCUT2D eigenvalue weighted by Gasteiger charge is -2.14. The van der Waals surface area contributed by atoms with E-state index in [1.165, 1.54) is 10.8 Å². The predicted octanol–water partition coefficient (Wildman–Crippen LogP) is 7.09. The van der Waals surface area contributed by atoms with Crippen molar-refractivity contribution in [2.75, 3.05) is 12.5 Å². The number of rotatable bonds is 7. The number of fused-ring (bicyclic) bond motifs is 2. The van der Waals surface area contributed by atoms with Gasteiger partial charge in [0.2, 0.25) is 5.13 Å². The number of anilines is 1. The Labute approximate surface area is 209 Å². The van der Waals surface area contributed by atoms with Crippen molar-refractivity contribution in [1.82, 2.24) is 4.98 Å². The second kappa shape index (κ2) is 9.76. The largest absolute Gasteiger partial charge is 0.493 e. The maximum absolute atomic E-state index is 6.21. The van der Waals surface area contributed by atoms with Crippen molar-refractivity contribution in [3.05, 3.63) is 93.6 Å². The molecule has 0 amide bonds. The summed E-state index contributed by atoms with van der Waals surface area (Å²) < 4.78 is 13.9. The molecule has 0 unspecified atom stereocenters. The summed E-state index contributed by atoms with van der Waals surface area (Å²) in [6.07, 6.45) is 1.76. The summed E-state index contributed by atoms with van der Waals surface area (Å²) in [5.74, 6) is 1.39. The van der Waals surface area contributed by atoms with Crippen LogP contribution in [0.5, 0.6) is 11.5 Å². The summed E-state index contributed by atoms with van der Waals surface area (Å²) in [4.78, 5) is 4.53. The van der Waals surface area contributed by atoms with Gasteiger partial charge in [0.05, 0.1) is 27.1 Å². The van der Waals surface area contributed by atoms with Crippen LogP contribution in [0.4, 0.5) is 5.13 Å². The van der Waals surface area contributed by atoms with Gasteiger partial charge in [0.15, 0.2) is 11.5 Å². The number of methoxy groups -OCH3 is 1. The van der Waals surface area contributed by atoms with Crippen LogP contribution >= 0.6 is 33.9 Å². The molecule has 1 heterocycles. The zero-order valence-corrected chi connectivity index (χ0v) is 20.8. The average molecular weight is 565 g/mol. The summed E-state index contributed by atoms with van der Waals surface area (Å²) in [6, 6.07) is 26.5. The Balaban J connectivity index is 1.32. The fourth-order valence-electron chi connectivity index (χ4n) is 3.60. The Morgan fingerprint density at radius 3 is 2.73 bits per heavy atom. The van der Waals surface area contributed by atoms with Crippen molar-refractivity contribution in [2.24, 2.45) is 5.10 Å². The fraction of sp³-hybridized carbons (Fsp3) is 0.0769. The van der Waals surface area contributed by atoms with E-state index in [-0.39, 0.29) is 0 Å². The molecule has 5 rings (SSSR count). The van der Waals surface area contributed by atoms with Crippen molar-refractivity contribution in [3.8, 4) is 11.5 Å².